The predicted octanol–water partition coefficient (Wildman–Crippen LogP) is 6.84. The van der Waals surface area contributed by atoms with Gasteiger partial charge < -0.3 is 29.5 Å². The molecule has 20 heteroatoms. The van der Waals surface area contributed by atoms with E-state index in [0.29, 0.717) is 102 Å². The van der Waals surface area contributed by atoms with Crippen molar-refractivity contribution in [2.75, 3.05) is 10.6 Å². The number of nitrogens with one attached hydrogen (secondary N) is 2. The van der Waals surface area contributed by atoms with Crippen LogP contribution in [0, 0.1) is 44.2 Å². The number of likely N-dealkylation sites (tertiary alicyclic amines) is 1. The summed E-state index contributed by atoms with van der Waals surface area (Å²) in [4.78, 5) is 49.5. The average molecular weight is 845 g/mol. The predicted molar refractivity (Wildman–Crippen MR) is 215 cm³/mol. The number of hydrogen-bond acceptors (Lipinski definition) is 14. The Morgan fingerprint density at radius 2 is 1.27 bits per heavy atom. The van der Waals surface area contributed by atoms with Gasteiger partial charge in [0.25, 0.3) is 11.8 Å². The molecule has 4 aromatic heterocycles. The SMILES string of the molecule is Cc1noc([C@]23C[C@H](CCc4noc(C56CC(C)CC(C5)N6C(=O)Nc5cc(-c6nccnn6)c(C)cc5F)n4)C[C@H](C2)N3C(=O)Nc2cc(-c3nccnn3)c(C)cc2F)n1. The van der Waals surface area contributed by atoms with Crippen molar-refractivity contribution in [3.63, 3.8) is 0 Å². The lowest BCUT2D eigenvalue weighted by molar-refractivity contribution is -0.116. The number of fused-ring (bicyclic) bond motifs is 4. The zero-order valence-corrected chi connectivity index (χ0v) is 34.3. The molecule has 2 aromatic carbocycles. The zero-order valence-electron chi connectivity index (χ0n) is 34.3. The molecule has 5 aliphatic rings. The van der Waals surface area contributed by atoms with E-state index in [9.17, 15) is 9.59 Å². The molecular formula is C42H42F2N14O4. The number of carbonyl (C=O) groups excluding carboxylic acids is 2. The smallest absolute Gasteiger partial charge is 0.323 e. The van der Waals surface area contributed by atoms with Gasteiger partial charge in [-0.1, -0.05) is 17.2 Å². The van der Waals surface area contributed by atoms with Crippen molar-refractivity contribution in [3.8, 4) is 22.8 Å². The minimum absolute atomic E-state index is 0.00450. The second-order valence-electron chi connectivity index (χ2n) is 17.2. The summed E-state index contributed by atoms with van der Waals surface area (Å²) in [5.74, 6) is 1.49. The second kappa shape index (κ2) is 14.9. The van der Waals surface area contributed by atoms with Gasteiger partial charge in [-0.25, -0.2) is 28.3 Å². The number of carbonyl (C=O) groups is 2. The molecule has 4 amide bonds. The Balaban J connectivity index is 0.842. The van der Waals surface area contributed by atoms with Crippen molar-refractivity contribution in [2.45, 2.75) is 102 Å². The molecule has 2 aliphatic carbocycles. The van der Waals surface area contributed by atoms with E-state index in [0.717, 1.165) is 6.42 Å². The van der Waals surface area contributed by atoms with Gasteiger partial charge in [-0.05, 0) is 100 Å². The summed E-state index contributed by atoms with van der Waals surface area (Å²) in [6.45, 7) is 7.34. The van der Waals surface area contributed by atoms with Crippen LogP contribution < -0.4 is 10.6 Å². The highest BCUT2D eigenvalue weighted by Gasteiger charge is 2.64. The number of amides is 4. The lowest BCUT2D eigenvalue weighted by atomic mass is 9.63. The highest BCUT2D eigenvalue weighted by Crippen LogP contribution is 2.57. The Morgan fingerprint density at radius 1 is 0.726 bits per heavy atom. The third-order valence-corrected chi connectivity index (χ3v) is 13.0. The van der Waals surface area contributed by atoms with Crippen LogP contribution >= 0.6 is 0 Å². The molecule has 3 unspecified atom stereocenters. The number of hydrogen-bond donors (Lipinski definition) is 2. The molecule has 3 saturated heterocycles. The fourth-order valence-corrected chi connectivity index (χ4v) is 10.4. The zero-order chi connectivity index (χ0) is 42.9. The number of halogens is 2. The summed E-state index contributed by atoms with van der Waals surface area (Å²) in [6.07, 6.45) is 10.9. The van der Waals surface area contributed by atoms with E-state index >= 15 is 8.78 Å². The van der Waals surface area contributed by atoms with Gasteiger partial charge >= 0.3 is 12.1 Å². The monoisotopic (exact) mass is 844 g/mol. The van der Waals surface area contributed by atoms with Gasteiger partial charge in [-0.15, -0.1) is 10.2 Å². The molecule has 7 heterocycles. The number of aromatic nitrogens is 10. The fourth-order valence-electron chi connectivity index (χ4n) is 10.4. The minimum Gasteiger partial charge on any atom is -0.337 e. The Hall–Kier alpha value is -6.86. The normalized spacial score (nSPS) is 24.9. The van der Waals surface area contributed by atoms with Crippen LogP contribution in [0.15, 0.2) is 58.1 Å². The van der Waals surface area contributed by atoms with Gasteiger partial charge in [0, 0.05) is 54.9 Å². The maximum absolute atomic E-state index is 15.3. The van der Waals surface area contributed by atoms with Crippen molar-refractivity contribution >= 4 is 23.4 Å². The third kappa shape index (κ3) is 6.58. The van der Waals surface area contributed by atoms with E-state index in [1.165, 1.54) is 49.1 Å². The van der Waals surface area contributed by atoms with Crippen molar-refractivity contribution in [3.05, 3.63) is 95.2 Å². The first-order valence-corrected chi connectivity index (χ1v) is 20.6. The Bertz CT molecular complexity index is 2700. The van der Waals surface area contributed by atoms with Crippen LogP contribution in [0.25, 0.3) is 22.8 Å². The average Bonchev–Trinajstić information content (AvgIpc) is 3.92. The first-order valence-electron chi connectivity index (χ1n) is 20.6. The largest absolute Gasteiger partial charge is 0.337 e. The summed E-state index contributed by atoms with van der Waals surface area (Å²) in [7, 11) is 0. The molecule has 2 N–H and O–H groups in total. The Morgan fingerprint density at radius 3 is 1.82 bits per heavy atom. The molecule has 18 nitrogen and oxygen atoms in total. The molecule has 318 valence electrons. The summed E-state index contributed by atoms with van der Waals surface area (Å²) >= 11 is 0. The minimum atomic E-state index is -0.896. The number of benzene rings is 2. The topological polar surface area (TPSA) is 220 Å². The van der Waals surface area contributed by atoms with Crippen LogP contribution in [-0.2, 0) is 17.5 Å². The standard InChI is InChI=1S/C42H42F2N14O4/c1-21-11-26-19-41(17-21,57(26)39(59)50-32-15-28(22(2)12-30(32)43)35-45-7-9-47-53-35)38-52-34(56-62-38)6-5-25-14-27-20-42(18-25,37-49-24(4)55-61-37)58(27)40(60)51-33-16-29(23(3)13-31(33)44)36-46-8-10-48-54-36/h7-10,12-13,15-16,21,25-27H,5-6,11,14,17-20H2,1-4H3,(H,50,59)(H,51,60)/t21?,25-,26?,27-,41?,42+/m1/s1. The lowest BCUT2D eigenvalue weighted by Crippen LogP contribution is -2.70. The molecule has 0 spiro atoms. The Kier molecular flexibility index (Phi) is 9.47. The molecule has 0 radical (unpaired) electrons. The molecule has 5 fully saturated rings. The number of rotatable bonds is 9. The van der Waals surface area contributed by atoms with Crippen LogP contribution in [0.5, 0.6) is 0 Å². The fraction of sp³-hybridized carbons (Fsp3) is 0.429. The van der Waals surface area contributed by atoms with E-state index in [-0.39, 0.29) is 35.3 Å². The number of urea groups is 2. The van der Waals surface area contributed by atoms with Crippen molar-refractivity contribution < 1.29 is 27.4 Å². The highest BCUT2D eigenvalue weighted by atomic mass is 19.1. The number of piperidine rings is 2. The van der Waals surface area contributed by atoms with E-state index in [2.05, 4.69) is 63.2 Å². The van der Waals surface area contributed by atoms with E-state index < -0.39 is 34.8 Å². The van der Waals surface area contributed by atoms with Gasteiger partial charge in [0.05, 0.1) is 23.8 Å². The van der Waals surface area contributed by atoms with Crippen molar-refractivity contribution in [1.82, 2.24) is 60.4 Å². The van der Waals surface area contributed by atoms with Gasteiger partial charge in [0.1, 0.15) is 22.7 Å². The van der Waals surface area contributed by atoms with Crippen LogP contribution in [0.2, 0.25) is 0 Å². The van der Waals surface area contributed by atoms with E-state index in [1.807, 2.05) is 0 Å². The van der Waals surface area contributed by atoms with Crippen LogP contribution in [0.4, 0.5) is 29.7 Å². The van der Waals surface area contributed by atoms with Gasteiger partial charge in [0.15, 0.2) is 23.3 Å². The van der Waals surface area contributed by atoms with Gasteiger partial charge in [-0.2, -0.15) is 20.2 Å². The summed E-state index contributed by atoms with van der Waals surface area (Å²) in [5.41, 5.74) is 0.556. The number of nitrogens with zero attached hydrogens (tertiary/aromatic N) is 12. The molecular weight excluding hydrogens is 803 g/mol. The summed E-state index contributed by atoms with van der Waals surface area (Å²) in [5, 5.41) is 29.9. The Labute approximate surface area is 353 Å². The van der Waals surface area contributed by atoms with Crippen LogP contribution in [-0.4, -0.2) is 84.6 Å². The highest BCUT2D eigenvalue weighted by molar-refractivity contribution is 5.93. The van der Waals surface area contributed by atoms with Crippen molar-refractivity contribution in [1.29, 1.82) is 0 Å². The molecule has 4 bridgehead atoms. The van der Waals surface area contributed by atoms with E-state index in [4.69, 9.17) is 14.0 Å². The van der Waals surface area contributed by atoms with Crippen molar-refractivity contribution in [2.24, 2.45) is 11.8 Å². The molecule has 2 saturated carbocycles. The summed E-state index contributed by atoms with van der Waals surface area (Å²) in [6, 6.07) is 4.52. The maximum Gasteiger partial charge on any atom is 0.323 e. The van der Waals surface area contributed by atoms with Gasteiger partial charge in [0.2, 0.25) is 0 Å². The second-order valence-corrected chi connectivity index (χ2v) is 17.2. The first kappa shape index (κ1) is 39.3. The third-order valence-electron chi connectivity index (χ3n) is 13.0. The molecule has 11 rings (SSSR count). The maximum atomic E-state index is 15.3. The molecule has 62 heavy (non-hydrogen) atoms. The summed E-state index contributed by atoms with van der Waals surface area (Å²) < 4.78 is 42.3. The van der Waals surface area contributed by atoms with E-state index in [1.54, 1.807) is 30.6 Å². The number of aryl methyl sites for hydroxylation is 4. The molecule has 6 atom stereocenters. The van der Waals surface area contributed by atoms with Crippen LogP contribution in [0.1, 0.15) is 86.4 Å². The van der Waals surface area contributed by atoms with Gasteiger partial charge in [-0.3, -0.25) is 0 Å². The number of anilines is 2. The lowest BCUT2D eigenvalue weighted by Gasteiger charge is -2.61. The van der Waals surface area contributed by atoms with Crippen LogP contribution in [0.3, 0.4) is 0 Å². The molecule has 3 aliphatic heterocycles. The first-order chi connectivity index (χ1) is 29.9. The molecule has 6 aromatic rings. The quantitative estimate of drug-likeness (QED) is 0.152.